The van der Waals surface area contributed by atoms with Gasteiger partial charge in [-0.25, -0.2) is 8.42 Å². The van der Waals surface area contributed by atoms with E-state index in [0.29, 0.717) is 36.6 Å². The molecule has 2 amide bonds. The van der Waals surface area contributed by atoms with Crippen molar-refractivity contribution in [2.45, 2.75) is 28.4 Å². The maximum absolute atomic E-state index is 13.1. The third-order valence-electron chi connectivity index (χ3n) is 6.06. The Balaban J connectivity index is 1.31. The van der Waals surface area contributed by atoms with Gasteiger partial charge in [-0.2, -0.15) is 4.31 Å². The number of amides is 2. The lowest BCUT2D eigenvalue weighted by Gasteiger charge is -2.19. The fourth-order valence-electron chi connectivity index (χ4n) is 4.23. The van der Waals surface area contributed by atoms with Gasteiger partial charge >= 0.3 is 0 Å². The minimum Gasteiger partial charge on any atom is -0.352 e. The Labute approximate surface area is 209 Å². The number of nitrogens with zero attached hydrogens (tertiary/aromatic N) is 1. The maximum atomic E-state index is 13.1. The molecule has 0 aromatic heterocycles. The molecule has 2 N–H and O–H groups in total. The molecule has 2 saturated heterocycles. The first-order valence-corrected chi connectivity index (χ1v) is 13.7. The third-order valence-corrected chi connectivity index (χ3v) is 9.68. The van der Waals surface area contributed by atoms with Crippen LogP contribution in [0.25, 0.3) is 0 Å². The Morgan fingerprint density at radius 2 is 1.82 bits per heavy atom. The van der Waals surface area contributed by atoms with Crippen LogP contribution < -0.4 is 10.6 Å². The van der Waals surface area contributed by atoms with E-state index in [1.165, 1.54) is 34.6 Å². The van der Waals surface area contributed by atoms with E-state index < -0.39 is 10.0 Å². The molecule has 0 saturated carbocycles. The summed E-state index contributed by atoms with van der Waals surface area (Å²) in [6.07, 6.45) is 2.65. The third kappa shape index (κ3) is 5.66. The first-order valence-electron chi connectivity index (χ1n) is 11.0. The minimum absolute atomic E-state index is 0.0113. The second-order valence-electron chi connectivity index (χ2n) is 8.35. The van der Waals surface area contributed by atoms with E-state index in [-0.39, 0.29) is 33.3 Å². The molecule has 2 fully saturated rings. The van der Waals surface area contributed by atoms with E-state index in [1.54, 1.807) is 11.8 Å². The zero-order chi connectivity index (χ0) is 24.3. The molecular formula is C24H26ClN3O4S2. The number of sulfonamides is 1. The van der Waals surface area contributed by atoms with Gasteiger partial charge in [0, 0.05) is 35.5 Å². The quantitative estimate of drug-likeness (QED) is 0.523. The van der Waals surface area contributed by atoms with Gasteiger partial charge in [-0.15, -0.1) is 11.8 Å². The van der Waals surface area contributed by atoms with Crippen molar-refractivity contribution in [3.8, 4) is 0 Å². The molecule has 4 rings (SSSR count). The maximum Gasteiger partial charge on any atom is 0.251 e. The first kappa shape index (κ1) is 24.8. The van der Waals surface area contributed by atoms with Gasteiger partial charge in [0.1, 0.15) is 0 Å². The van der Waals surface area contributed by atoms with E-state index in [0.717, 1.165) is 12.0 Å². The molecule has 2 aromatic rings. The van der Waals surface area contributed by atoms with Crippen LogP contribution in [0.15, 0.2) is 66.1 Å². The molecule has 3 unspecified atom stereocenters. The molecule has 7 nitrogen and oxygen atoms in total. The van der Waals surface area contributed by atoms with E-state index in [9.17, 15) is 18.0 Å². The van der Waals surface area contributed by atoms with E-state index in [1.807, 2.05) is 24.3 Å². The van der Waals surface area contributed by atoms with Crippen LogP contribution in [0.5, 0.6) is 0 Å². The Kier molecular flexibility index (Phi) is 7.67. The van der Waals surface area contributed by atoms with Crippen molar-refractivity contribution in [3.63, 3.8) is 0 Å². The zero-order valence-electron chi connectivity index (χ0n) is 18.4. The van der Waals surface area contributed by atoms with Crippen molar-refractivity contribution < 1.29 is 18.0 Å². The summed E-state index contributed by atoms with van der Waals surface area (Å²) in [6, 6.07) is 13.5. The Morgan fingerprint density at radius 1 is 1.12 bits per heavy atom. The molecule has 0 radical (unpaired) electrons. The summed E-state index contributed by atoms with van der Waals surface area (Å²) in [6.45, 7) is 4.75. The van der Waals surface area contributed by atoms with Gasteiger partial charge in [-0.1, -0.05) is 30.3 Å². The Bertz CT molecular complexity index is 1160. The minimum atomic E-state index is -3.65. The second-order valence-corrected chi connectivity index (χ2v) is 12.2. The summed E-state index contributed by atoms with van der Waals surface area (Å²) < 4.78 is 27.8. The number of hydrogen-bond donors (Lipinski definition) is 2. The fourth-order valence-corrected chi connectivity index (χ4v) is 7.63. The summed E-state index contributed by atoms with van der Waals surface area (Å²) in [4.78, 5) is 24.1. The summed E-state index contributed by atoms with van der Waals surface area (Å²) in [5, 5.41) is 6.54. The van der Waals surface area contributed by atoms with E-state index in [2.05, 4.69) is 17.2 Å². The van der Waals surface area contributed by atoms with Crippen LogP contribution in [0.1, 0.15) is 22.3 Å². The number of nitrogens with one attached hydrogen (secondary N) is 2. The van der Waals surface area contributed by atoms with E-state index in [4.69, 9.17) is 11.6 Å². The van der Waals surface area contributed by atoms with Crippen molar-refractivity contribution in [2.75, 3.05) is 19.6 Å². The highest BCUT2D eigenvalue weighted by atomic mass is 35.5. The first-order chi connectivity index (χ1) is 16.3. The molecule has 34 heavy (non-hydrogen) atoms. The molecule has 0 spiro atoms. The molecule has 0 aliphatic carbocycles. The summed E-state index contributed by atoms with van der Waals surface area (Å²) in [5.41, 5.74) is 1.47. The highest BCUT2D eigenvalue weighted by Gasteiger charge is 2.45. The number of thioether (sulfide) groups is 1. The van der Waals surface area contributed by atoms with Crippen LogP contribution in [0.4, 0.5) is 0 Å². The van der Waals surface area contributed by atoms with Crippen LogP contribution in [-0.4, -0.2) is 54.8 Å². The molecule has 2 heterocycles. The number of carbonyl (C=O) groups is 2. The predicted molar refractivity (Wildman–Crippen MR) is 134 cm³/mol. The average molecular weight is 520 g/mol. The Morgan fingerprint density at radius 3 is 2.47 bits per heavy atom. The van der Waals surface area contributed by atoms with Gasteiger partial charge in [0.2, 0.25) is 15.9 Å². The van der Waals surface area contributed by atoms with Crippen LogP contribution in [-0.2, 0) is 21.2 Å². The Hall–Kier alpha value is -2.33. The van der Waals surface area contributed by atoms with Gasteiger partial charge in [0.25, 0.3) is 5.91 Å². The second kappa shape index (κ2) is 10.5. The number of carbonyl (C=O) groups excluding carboxylic acids is 2. The highest BCUT2D eigenvalue weighted by molar-refractivity contribution is 8.00. The molecule has 3 atom stereocenters. The molecule has 2 aromatic carbocycles. The number of fused-ring (bicyclic) bond motifs is 1. The van der Waals surface area contributed by atoms with Crippen molar-refractivity contribution in [1.82, 2.24) is 14.9 Å². The van der Waals surface area contributed by atoms with E-state index >= 15 is 0 Å². The summed E-state index contributed by atoms with van der Waals surface area (Å²) >= 11 is 7.49. The molecule has 2 aliphatic heterocycles. The number of halogens is 1. The number of benzene rings is 2. The zero-order valence-corrected chi connectivity index (χ0v) is 20.8. The highest BCUT2D eigenvalue weighted by Crippen LogP contribution is 2.43. The fraction of sp³-hybridized carbons (Fsp3) is 0.333. The predicted octanol–water partition coefficient (Wildman–Crippen LogP) is 3.07. The van der Waals surface area contributed by atoms with Crippen LogP contribution in [0.2, 0.25) is 5.02 Å². The van der Waals surface area contributed by atoms with Gasteiger partial charge in [-0.05, 0) is 66.8 Å². The summed E-state index contributed by atoms with van der Waals surface area (Å²) in [5.74, 6) is -0.269. The van der Waals surface area contributed by atoms with Crippen molar-refractivity contribution in [2.24, 2.45) is 5.92 Å². The largest absolute Gasteiger partial charge is 0.352 e. The lowest BCUT2D eigenvalue weighted by molar-refractivity contribution is -0.116. The molecule has 10 heteroatoms. The van der Waals surface area contributed by atoms with Gasteiger partial charge in [0.05, 0.1) is 10.3 Å². The van der Waals surface area contributed by atoms with Crippen molar-refractivity contribution in [3.05, 3.63) is 77.3 Å². The topological polar surface area (TPSA) is 95.6 Å². The van der Waals surface area contributed by atoms with Crippen LogP contribution in [0.3, 0.4) is 0 Å². The average Bonchev–Trinajstić information content (AvgIpc) is 3.39. The number of rotatable bonds is 8. The van der Waals surface area contributed by atoms with Crippen molar-refractivity contribution in [1.29, 1.82) is 0 Å². The lowest BCUT2D eigenvalue weighted by atomic mass is 10.1. The van der Waals surface area contributed by atoms with Gasteiger partial charge in [-0.3, -0.25) is 9.59 Å². The van der Waals surface area contributed by atoms with Crippen LogP contribution in [0, 0.1) is 5.92 Å². The van der Waals surface area contributed by atoms with Gasteiger partial charge in [0.15, 0.2) is 0 Å². The van der Waals surface area contributed by atoms with Gasteiger partial charge < -0.3 is 10.6 Å². The van der Waals surface area contributed by atoms with Crippen LogP contribution >= 0.6 is 23.4 Å². The standard InChI is InChI=1S/C24H26ClN3O4S2/c1-2-22(29)27-23-13-18-14-28(15-21(18)33-23)34(31,32)20-9-5-17(6-10-20)24(30)26-12-11-16-3-7-19(25)8-4-16/h2-10,18,21,23H,1,11-15H2,(H,26,30)(H,27,29). The summed E-state index contributed by atoms with van der Waals surface area (Å²) in [7, 11) is -3.65. The number of hydrogen-bond acceptors (Lipinski definition) is 5. The molecular weight excluding hydrogens is 494 g/mol. The van der Waals surface area contributed by atoms with Crippen molar-refractivity contribution >= 4 is 45.2 Å². The lowest BCUT2D eigenvalue weighted by Crippen LogP contribution is -2.33. The molecule has 0 bridgehead atoms. The normalized spacial score (nSPS) is 22.2. The monoisotopic (exact) mass is 519 g/mol. The smallest absolute Gasteiger partial charge is 0.251 e. The SMILES string of the molecule is C=CC(=O)NC1CC2CN(S(=O)(=O)c3ccc(C(=O)NCCc4ccc(Cl)cc4)cc3)CC2S1. The molecule has 2 aliphatic rings. The molecule has 180 valence electrons.